The van der Waals surface area contributed by atoms with Gasteiger partial charge in [0, 0.05) is 17.7 Å². The number of anilines is 1. The second-order valence-corrected chi connectivity index (χ2v) is 7.66. The van der Waals surface area contributed by atoms with Crippen molar-refractivity contribution in [1.82, 2.24) is 14.6 Å². The minimum absolute atomic E-state index is 0.0553. The Labute approximate surface area is 205 Å². The average Bonchev–Trinajstić information content (AvgIpc) is 3.19. The number of fused-ring (bicyclic) bond motifs is 1. The molecule has 36 heavy (non-hydrogen) atoms. The zero-order valence-electron chi connectivity index (χ0n) is 18.5. The van der Waals surface area contributed by atoms with Gasteiger partial charge in [0.15, 0.2) is 17.0 Å². The number of methoxy groups -OCH3 is 2. The number of halogens is 4. The Balaban J connectivity index is 1.82. The Morgan fingerprint density at radius 3 is 2.47 bits per heavy atom. The molecule has 0 aliphatic heterocycles. The van der Waals surface area contributed by atoms with E-state index in [1.165, 1.54) is 32.4 Å². The molecule has 2 heterocycles. The molecular formula is C22H15ClF3N5O5. The summed E-state index contributed by atoms with van der Waals surface area (Å²) in [7, 11) is 2.68. The molecule has 4 aromatic rings. The molecule has 0 spiro atoms. The second kappa shape index (κ2) is 9.34. The highest BCUT2D eigenvalue weighted by Gasteiger charge is 2.37. The van der Waals surface area contributed by atoms with Gasteiger partial charge in [0.2, 0.25) is 0 Å². The van der Waals surface area contributed by atoms with E-state index in [9.17, 15) is 28.1 Å². The molecule has 0 atom stereocenters. The molecule has 2 aromatic heterocycles. The number of alkyl halides is 3. The van der Waals surface area contributed by atoms with Gasteiger partial charge in [-0.3, -0.25) is 14.9 Å². The highest BCUT2D eigenvalue weighted by molar-refractivity contribution is 6.37. The van der Waals surface area contributed by atoms with Crippen LogP contribution in [0.5, 0.6) is 11.5 Å². The summed E-state index contributed by atoms with van der Waals surface area (Å²) in [5.41, 5.74) is -2.40. The van der Waals surface area contributed by atoms with Gasteiger partial charge in [-0.2, -0.15) is 18.3 Å². The number of aromatic nitrogens is 3. The number of rotatable bonds is 6. The Morgan fingerprint density at radius 2 is 1.83 bits per heavy atom. The average molecular weight is 522 g/mol. The zero-order chi connectivity index (χ0) is 26.2. The van der Waals surface area contributed by atoms with Gasteiger partial charge in [-0.05, 0) is 18.2 Å². The first-order chi connectivity index (χ1) is 17.0. The first kappa shape index (κ1) is 24.7. The van der Waals surface area contributed by atoms with Crippen molar-refractivity contribution >= 4 is 34.5 Å². The van der Waals surface area contributed by atoms with Crippen molar-refractivity contribution in [2.75, 3.05) is 19.5 Å². The highest BCUT2D eigenvalue weighted by atomic mass is 35.5. The van der Waals surface area contributed by atoms with Crippen LogP contribution in [0.4, 0.5) is 24.5 Å². The van der Waals surface area contributed by atoms with Crippen molar-refractivity contribution in [3.05, 3.63) is 75.1 Å². The Hall–Kier alpha value is -4.39. The molecule has 186 valence electrons. The SMILES string of the molecule is COc1cccc(-c2cc(C(F)(F)F)n3nc(C(=O)Nc4cc(OC)cc([N+](=O)[O-])c4)c(Cl)c3n2)c1. The molecule has 14 heteroatoms. The molecule has 0 saturated heterocycles. The minimum Gasteiger partial charge on any atom is -0.497 e. The number of benzene rings is 2. The molecular weight excluding hydrogens is 507 g/mol. The van der Waals surface area contributed by atoms with Crippen LogP contribution in [-0.4, -0.2) is 39.6 Å². The third-order valence-electron chi connectivity index (χ3n) is 5.00. The molecule has 10 nitrogen and oxygen atoms in total. The maximum Gasteiger partial charge on any atom is 0.433 e. The summed E-state index contributed by atoms with van der Waals surface area (Å²) < 4.78 is 52.3. The van der Waals surface area contributed by atoms with E-state index >= 15 is 0 Å². The van der Waals surface area contributed by atoms with Gasteiger partial charge < -0.3 is 14.8 Å². The Bertz CT molecular complexity index is 1510. The Kier molecular flexibility index (Phi) is 6.41. The van der Waals surface area contributed by atoms with E-state index < -0.39 is 39.1 Å². The van der Waals surface area contributed by atoms with Crippen molar-refractivity contribution in [1.29, 1.82) is 0 Å². The van der Waals surface area contributed by atoms with E-state index in [-0.39, 0.29) is 22.8 Å². The summed E-state index contributed by atoms with van der Waals surface area (Å²) in [6.07, 6.45) is -4.87. The van der Waals surface area contributed by atoms with E-state index in [0.717, 1.165) is 18.2 Å². The predicted octanol–water partition coefficient (Wildman–Crippen LogP) is 5.25. The normalized spacial score (nSPS) is 11.4. The van der Waals surface area contributed by atoms with Crippen LogP contribution in [0.25, 0.3) is 16.9 Å². The van der Waals surface area contributed by atoms with Gasteiger partial charge in [-0.15, -0.1) is 0 Å². The fourth-order valence-electron chi connectivity index (χ4n) is 3.34. The van der Waals surface area contributed by atoms with E-state index in [4.69, 9.17) is 21.1 Å². The fourth-order valence-corrected chi connectivity index (χ4v) is 3.58. The molecule has 0 bridgehead atoms. The van der Waals surface area contributed by atoms with Crippen LogP contribution in [-0.2, 0) is 6.18 Å². The van der Waals surface area contributed by atoms with E-state index in [0.29, 0.717) is 15.8 Å². The number of amides is 1. The molecule has 1 amide bonds. The topological polar surface area (TPSA) is 121 Å². The van der Waals surface area contributed by atoms with Crippen molar-refractivity contribution < 1.29 is 32.4 Å². The number of non-ortho nitro benzene ring substituents is 1. The molecule has 0 fully saturated rings. The largest absolute Gasteiger partial charge is 0.497 e. The van der Waals surface area contributed by atoms with Gasteiger partial charge in [0.25, 0.3) is 11.6 Å². The van der Waals surface area contributed by atoms with Crippen LogP contribution in [0, 0.1) is 10.1 Å². The number of nitro groups is 1. The Morgan fingerprint density at radius 1 is 1.11 bits per heavy atom. The standard InChI is InChI=1S/C22H15ClF3N5O5/c1-35-14-5-3-4-11(6-14)16-10-17(22(24,25)26)30-20(28-16)18(23)19(29-30)21(32)27-12-7-13(31(33)34)9-15(8-12)36-2/h3-10H,1-2H3,(H,27,32). The quantitative estimate of drug-likeness (QED) is 0.272. The number of nitrogens with one attached hydrogen (secondary N) is 1. The zero-order valence-corrected chi connectivity index (χ0v) is 19.2. The molecule has 0 aliphatic carbocycles. The number of carbonyl (C=O) groups is 1. The molecule has 0 aliphatic rings. The first-order valence-electron chi connectivity index (χ1n) is 9.97. The van der Waals surface area contributed by atoms with Gasteiger partial charge >= 0.3 is 6.18 Å². The number of nitrogens with zero attached hydrogens (tertiary/aromatic N) is 4. The lowest BCUT2D eigenvalue weighted by Crippen LogP contribution is -2.16. The summed E-state index contributed by atoms with van der Waals surface area (Å²) >= 11 is 6.27. The smallest absolute Gasteiger partial charge is 0.433 e. The van der Waals surface area contributed by atoms with Crippen LogP contribution < -0.4 is 14.8 Å². The molecule has 1 N–H and O–H groups in total. The van der Waals surface area contributed by atoms with E-state index in [1.54, 1.807) is 12.1 Å². The van der Waals surface area contributed by atoms with Crippen molar-refractivity contribution in [3.8, 4) is 22.8 Å². The summed E-state index contributed by atoms with van der Waals surface area (Å²) in [5, 5.41) is 16.8. The molecule has 4 rings (SSSR count). The summed E-state index contributed by atoms with van der Waals surface area (Å²) in [6, 6.07) is 10.5. The lowest BCUT2D eigenvalue weighted by atomic mass is 10.1. The number of carbonyl (C=O) groups excluding carboxylic acids is 1. The van der Waals surface area contributed by atoms with Crippen molar-refractivity contribution in [2.24, 2.45) is 0 Å². The summed E-state index contributed by atoms with van der Waals surface area (Å²) in [5.74, 6) is -0.538. The molecule has 0 unspecified atom stereocenters. The first-order valence-corrected chi connectivity index (χ1v) is 10.4. The van der Waals surface area contributed by atoms with Crippen LogP contribution in [0.15, 0.2) is 48.5 Å². The molecule has 0 saturated carbocycles. The van der Waals surface area contributed by atoms with Crippen molar-refractivity contribution in [2.45, 2.75) is 6.18 Å². The van der Waals surface area contributed by atoms with E-state index in [2.05, 4.69) is 15.4 Å². The monoisotopic (exact) mass is 521 g/mol. The third kappa shape index (κ3) is 4.73. The van der Waals surface area contributed by atoms with E-state index in [1.807, 2.05) is 0 Å². The van der Waals surface area contributed by atoms with Crippen molar-refractivity contribution in [3.63, 3.8) is 0 Å². The number of hydrogen-bond acceptors (Lipinski definition) is 7. The number of ether oxygens (including phenoxy) is 2. The third-order valence-corrected chi connectivity index (χ3v) is 5.35. The number of nitro benzene ring substituents is 1. The number of hydrogen-bond donors (Lipinski definition) is 1. The van der Waals surface area contributed by atoms with Crippen LogP contribution >= 0.6 is 11.6 Å². The summed E-state index contributed by atoms with van der Waals surface area (Å²) in [4.78, 5) is 27.5. The van der Waals surface area contributed by atoms with Gasteiger partial charge in [-0.25, -0.2) is 9.50 Å². The van der Waals surface area contributed by atoms with Gasteiger partial charge in [0.05, 0.1) is 36.6 Å². The fraction of sp³-hybridized carbons (Fsp3) is 0.136. The molecule has 0 radical (unpaired) electrons. The summed E-state index contributed by atoms with van der Waals surface area (Å²) in [6.45, 7) is 0. The molecule has 2 aromatic carbocycles. The lowest BCUT2D eigenvalue weighted by Gasteiger charge is -2.11. The highest BCUT2D eigenvalue weighted by Crippen LogP contribution is 2.35. The maximum absolute atomic E-state index is 13.9. The second-order valence-electron chi connectivity index (χ2n) is 7.29. The predicted molar refractivity (Wildman–Crippen MR) is 123 cm³/mol. The van der Waals surface area contributed by atoms with Crippen LogP contribution in [0.2, 0.25) is 5.02 Å². The minimum atomic E-state index is -4.87. The van der Waals surface area contributed by atoms with Crippen LogP contribution in [0.1, 0.15) is 16.2 Å². The van der Waals surface area contributed by atoms with Crippen LogP contribution in [0.3, 0.4) is 0 Å². The lowest BCUT2D eigenvalue weighted by molar-refractivity contribution is -0.384. The van der Waals surface area contributed by atoms with Gasteiger partial charge in [-0.1, -0.05) is 23.7 Å². The maximum atomic E-state index is 13.9. The van der Waals surface area contributed by atoms with Gasteiger partial charge in [0.1, 0.15) is 16.5 Å².